The van der Waals surface area contributed by atoms with Crippen LogP contribution < -0.4 is 9.62 Å². The molecular weight excluding hydrogens is 533 g/mol. The van der Waals surface area contributed by atoms with E-state index in [0.29, 0.717) is 27.7 Å². The van der Waals surface area contributed by atoms with Crippen LogP contribution in [-0.4, -0.2) is 49.5 Å². The summed E-state index contributed by atoms with van der Waals surface area (Å²) in [6.07, 6.45) is 1.39. The summed E-state index contributed by atoms with van der Waals surface area (Å²) in [5, 5.41) is 3.73. The first kappa shape index (κ1) is 30.9. The average molecular weight is 571 g/mol. The van der Waals surface area contributed by atoms with E-state index in [2.05, 4.69) is 5.32 Å². The number of anilines is 1. The molecule has 0 unspecified atom stereocenters. The predicted molar refractivity (Wildman–Crippen MR) is 152 cm³/mol. The second-order valence-electron chi connectivity index (χ2n) is 10.4. The lowest BCUT2D eigenvalue weighted by atomic mass is 10.0. The Balaban J connectivity index is 2.56. The molecule has 0 saturated heterocycles. The Morgan fingerprint density at radius 1 is 1.05 bits per heavy atom. The van der Waals surface area contributed by atoms with Gasteiger partial charge in [0.2, 0.25) is 21.8 Å². The molecule has 0 spiro atoms. The van der Waals surface area contributed by atoms with E-state index < -0.39 is 34.1 Å². The third kappa shape index (κ3) is 8.62. The van der Waals surface area contributed by atoms with Crippen molar-refractivity contribution in [2.45, 2.75) is 72.0 Å². The lowest BCUT2D eigenvalue weighted by molar-refractivity contribution is -0.141. The topological polar surface area (TPSA) is 86.8 Å². The van der Waals surface area contributed by atoms with E-state index in [1.54, 1.807) is 37.3 Å². The van der Waals surface area contributed by atoms with Crippen LogP contribution in [0.1, 0.15) is 65.0 Å². The molecule has 0 aromatic heterocycles. The van der Waals surface area contributed by atoms with Crippen molar-refractivity contribution in [1.29, 1.82) is 0 Å². The van der Waals surface area contributed by atoms with Crippen molar-refractivity contribution >= 4 is 50.7 Å². The Morgan fingerprint density at radius 2 is 1.68 bits per heavy atom. The Bertz CT molecular complexity index is 1230. The van der Waals surface area contributed by atoms with Crippen molar-refractivity contribution in [3.05, 3.63) is 63.6 Å². The molecule has 1 N–H and O–H groups in total. The lowest BCUT2D eigenvalue weighted by Crippen LogP contribution is -2.55. The number of benzene rings is 2. The molecule has 2 aromatic rings. The normalized spacial score (nSPS) is 12.8. The summed E-state index contributed by atoms with van der Waals surface area (Å²) in [4.78, 5) is 28.5. The fraction of sp³-hybridized carbons (Fsp3) is 0.481. The molecule has 0 heterocycles. The number of amides is 2. The molecule has 0 aliphatic rings. The number of rotatable bonds is 10. The summed E-state index contributed by atoms with van der Waals surface area (Å²) in [5.41, 5.74) is 1.30. The van der Waals surface area contributed by atoms with Crippen LogP contribution in [0.15, 0.2) is 42.5 Å². The maximum Gasteiger partial charge on any atom is 0.244 e. The van der Waals surface area contributed by atoms with Gasteiger partial charge in [0, 0.05) is 22.1 Å². The summed E-state index contributed by atoms with van der Waals surface area (Å²) >= 11 is 12.5. The highest BCUT2D eigenvalue weighted by atomic mass is 35.5. The third-order valence-electron chi connectivity index (χ3n) is 5.75. The van der Waals surface area contributed by atoms with Crippen molar-refractivity contribution in [2.24, 2.45) is 0 Å². The Labute approximate surface area is 231 Å². The maximum atomic E-state index is 13.9. The molecular formula is C27H37Cl2N3O4S. The zero-order valence-electron chi connectivity index (χ0n) is 22.5. The van der Waals surface area contributed by atoms with Gasteiger partial charge in [0.25, 0.3) is 0 Å². The van der Waals surface area contributed by atoms with Crippen molar-refractivity contribution in [1.82, 2.24) is 10.2 Å². The number of nitrogens with one attached hydrogen (secondary N) is 1. The largest absolute Gasteiger partial charge is 0.350 e. The smallest absolute Gasteiger partial charge is 0.244 e. The van der Waals surface area contributed by atoms with E-state index in [4.69, 9.17) is 23.2 Å². The summed E-state index contributed by atoms with van der Waals surface area (Å²) in [6.45, 7) is 10.8. The maximum absolute atomic E-state index is 13.9. The molecule has 0 saturated carbocycles. The van der Waals surface area contributed by atoms with Gasteiger partial charge in [-0.15, -0.1) is 0 Å². The average Bonchev–Trinajstić information content (AvgIpc) is 2.76. The zero-order valence-corrected chi connectivity index (χ0v) is 24.8. The van der Waals surface area contributed by atoms with Crippen LogP contribution in [0, 0.1) is 0 Å². The molecule has 37 heavy (non-hydrogen) atoms. The minimum atomic E-state index is -3.83. The van der Waals surface area contributed by atoms with Crippen LogP contribution in [0.5, 0.6) is 0 Å². The van der Waals surface area contributed by atoms with Crippen LogP contribution in [0.2, 0.25) is 10.0 Å². The number of halogens is 2. The number of carbonyl (C=O) groups excluding carboxylic acids is 2. The minimum absolute atomic E-state index is 0.00827. The molecule has 0 bridgehead atoms. The predicted octanol–water partition coefficient (Wildman–Crippen LogP) is 5.60. The van der Waals surface area contributed by atoms with E-state index in [0.717, 1.165) is 16.1 Å². The Kier molecular flexibility index (Phi) is 10.5. The summed E-state index contributed by atoms with van der Waals surface area (Å²) in [6, 6.07) is 11.2. The van der Waals surface area contributed by atoms with E-state index in [-0.39, 0.29) is 18.4 Å². The molecule has 2 amide bonds. The van der Waals surface area contributed by atoms with Crippen LogP contribution in [-0.2, 0) is 26.2 Å². The fourth-order valence-electron chi connectivity index (χ4n) is 4.00. The fourth-order valence-corrected chi connectivity index (χ4v) is 5.34. The standard InChI is InChI=1S/C27H37Cl2N3O4S/c1-8-23(26(34)30-27(4,5)6)31(16-19-13-14-20(28)15-22(19)29)25(33)17-32(37(7,35)36)24-12-10-9-11-21(24)18(2)3/h9-15,18,23H,8,16-17H2,1-7H3,(H,30,34)/t23-/m0/s1. The number of sulfonamides is 1. The van der Waals surface area contributed by atoms with Crippen molar-refractivity contribution in [2.75, 3.05) is 17.1 Å². The first-order valence-electron chi connectivity index (χ1n) is 12.2. The number of hydrogen-bond acceptors (Lipinski definition) is 4. The van der Waals surface area contributed by atoms with Gasteiger partial charge in [-0.05, 0) is 62.4 Å². The highest BCUT2D eigenvalue weighted by molar-refractivity contribution is 7.92. The van der Waals surface area contributed by atoms with Crippen LogP contribution >= 0.6 is 23.2 Å². The lowest BCUT2D eigenvalue weighted by Gasteiger charge is -2.35. The first-order chi connectivity index (χ1) is 17.0. The third-order valence-corrected chi connectivity index (χ3v) is 7.46. The summed E-state index contributed by atoms with van der Waals surface area (Å²) < 4.78 is 26.9. The van der Waals surface area contributed by atoms with Gasteiger partial charge >= 0.3 is 0 Å². The van der Waals surface area contributed by atoms with Gasteiger partial charge in [-0.25, -0.2) is 8.42 Å². The van der Waals surface area contributed by atoms with Gasteiger partial charge in [-0.3, -0.25) is 13.9 Å². The van der Waals surface area contributed by atoms with E-state index >= 15 is 0 Å². The summed E-state index contributed by atoms with van der Waals surface area (Å²) in [5.74, 6) is -0.826. The number of nitrogens with zero attached hydrogens (tertiary/aromatic N) is 2. The van der Waals surface area contributed by atoms with Gasteiger partial charge in [-0.1, -0.05) is 68.2 Å². The van der Waals surface area contributed by atoms with Gasteiger partial charge in [0.05, 0.1) is 11.9 Å². The highest BCUT2D eigenvalue weighted by Crippen LogP contribution is 2.30. The molecule has 2 aromatic carbocycles. The Morgan fingerprint density at radius 3 is 2.19 bits per heavy atom. The monoisotopic (exact) mass is 569 g/mol. The van der Waals surface area contributed by atoms with Crippen LogP contribution in [0.4, 0.5) is 5.69 Å². The van der Waals surface area contributed by atoms with Gasteiger partial charge in [-0.2, -0.15) is 0 Å². The molecule has 2 rings (SSSR count). The second kappa shape index (κ2) is 12.5. The molecule has 204 valence electrons. The van der Waals surface area contributed by atoms with Gasteiger partial charge in [0.1, 0.15) is 12.6 Å². The molecule has 7 nitrogen and oxygen atoms in total. The van der Waals surface area contributed by atoms with E-state index in [9.17, 15) is 18.0 Å². The summed E-state index contributed by atoms with van der Waals surface area (Å²) in [7, 11) is -3.83. The van der Waals surface area contributed by atoms with E-state index in [1.807, 2.05) is 46.8 Å². The number of para-hydroxylation sites is 1. The molecule has 0 radical (unpaired) electrons. The molecule has 0 fully saturated rings. The molecule has 0 aliphatic carbocycles. The molecule has 10 heteroatoms. The Hall–Kier alpha value is -2.29. The van der Waals surface area contributed by atoms with E-state index in [1.165, 1.54) is 4.90 Å². The molecule has 1 atom stereocenters. The van der Waals surface area contributed by atoms with Crippen molar-refractivity contribution < 1.29 is 18.0 Å². The highest BCUT2D eigenvalue weighted by Gasteiger charge is 2.34. The zero-order chi connectivity index (χ0) is 28.1. The SMILES string of the molecule is CC[C@@H](C(=O)NC(C)(C)C)N(Cc1ccc(Cl)cc1Cl)C(=O)CN(c1ccccc1C(C)C)S(C)(=O)=O. The second-order valence-corrected chi connectivity index (χ2v) is 13.2. The van der Waals surface area contributed by atoms with Crippen molar-refractivity contribution in [3.63, 3.8) is 0 Å². The number of carbonyl (C=O) groups is 2. The number of hydrogen-bond donors (Lipinski definition) is 1. The van der Waals surface area contributed by atoms with Crippen molar-refractivity contribution in [3.8, 4) is 0 Å². The van der Waals surface area contributed by atoms with Crippen LogP contribution in [0.25, 0.3) is 0 Å². The van der Waals surface area contributed by atoms with Gasteiger partial charge in [0.15, 0.2) is 0 Å². The quantitative estimate of drug-likeness (QED) is 0.403. The van der Waals surface area contributed by atoms with Crippen LogP contribution in [0.3, 0.4) is 0 Å². The first-order valence-corrected chi connectivity index (χ1v) is 14.8. The molecule has 0 aliphatic heterocycles. The minimum Gasteiger partial charge on any atom is -0.350 e. The van der Waals surface area contributed by atoms with Gasteiger partial charge < -0.3 is 10.2 Å².